The van der Waals surface area contributed by atoms with Crippen molar-refractivity contribution in [2.75, 3.05) is 10.6 Å². The predicted molar refractivity (Wildman–Crippen MR) is 81.6 cm³/mol. The maximum absolute atomic E-state index is 12.5. The Morgan fingerprint density at radius 3 is 2.33 bits per heavy atom. The van der Waals surface area contributed by atoms with E-state index in [1.54, 1.807) is 26.8 Å². The van der Waals surface area contributed by atoms with Crippen LogP contribution in [0.1, 0.15) is 27.7 Å². The maximum atomic E-state index is 12.5. The van der Waals surface area contributed by atoms with Crippen LogP contribution in [0.25, 0.3) is 0 Å². The minimum Gasteiger partial charge on any atom is -0.465 e. The third-order valence-corrected chi connectivity index (χ3v) is 3.52. The first-order valence-corrected chi connectivity index (χ1v) is 6.90. The number of carbonyl (C=O) groups excluding carboxylic acids is 1. The molecule has 3 N–H and O–H groups in total. The van der Waals surface area contributed by atoms with E-state index >= 15 is 0 Å². The third-order valence-electron chi connectivity index (χ3n) is 3.52. The molecule has 1 aliphatic rings. The molecule has 1 aromatic carbocycles. The van der Waals surface area contributed by atoms with Crippen LogP contribution in [-0.4, -0.2) is 39.6 Å². The lowest BCUT2D eigenvalue weighted by atomic mass is 9.99. The molecule has 0 saturated carbocycles. The molecule has 0 aliphatic carbocycles. The molecular formula is C15H21N3O3. The van der Waals surface area contributed by atoms with Crippen molar-refractivity contribution in [1.29, 1.82) is 0 Å². The van der Waals surface area contributed by atoms with Crippen LogP contribution in [0, 0.1) is 0 Å². The SMILES string of the molecule is C[C@@H]1Nc2ccccc2NC(=O)[C@H]1N(C(=O)O)C(C)(C)C. The van der Waals surface area contributed by atoms with Gasteiger partial charge >= 0.3 is 6.09 Å². The van der Waals surface area contributed by atoms with Gasteiger partial charge in [0.25, 0.3) is 0 Å². The number of carboxylic acid groups (broad SMARTS) is 1. The second-order valence-electron chi connectivity index (χ2n) is 6.24. The number of hydrogen-bond acceptors (Lipinski definition) is 3. The quantitative estimate of drug-likeness (QED) is 0.743. The number of rotatable bonds is 1. The molecule has 2 amide bonds. The van der Waals surface area contributed by atoms with E-state index in [1.807, 2.05) is 25.1 Å². The number of nitrogens with zero attached hydrogens (tertiary/aromatic N) is 1. The van der Waals surface area contributed by atoms with E-state index < -0.39 is 17.7 Å². The monoisotopic (exact) mass is 291 g/mol. The van der Waals surface area contributed by atoms with Gasteiger partial charge in [0.1, 0.15) is 6.04 Å². The topological polar surface area (TPSA) is 81.7 Å². The first kappa shape index (κ1) is 15.2. The molecule has 0 bridgehead atoms. The van der Waals surface area contributed by atoms with E-state index in [9.17, 15) is 14.7 Å². The Balaban J connectivity index is 2.42. The van der Waals surface area contributed by atoms with E-state index in [2.05, 4.69) is 10.6 Å². The summed E-state index contributed by atoms with van der Waals surface area (Å²) in [5.74, 6) is -0.322. The molecule has 0 spiro atoms. The lowest BCUT2D eigenvalue weighted by Crippen LogP contribution is -2.60. The fraction of sp³-hybridized carbons (Fsp3) is 0.467. The molecule has 2 rings (SSSR count). The zero-order valence-electron chi connectivity index (χ0n) is 12.7. The van der Waals surface area contributed by atoms with Gasteiger partial charge in [-0.3, -0.25) is 9.69 Å². The Morgan fingerprint density at radius 1 is 1.24 bits per heavy atom. The number of carbonyl (C=O) groups is 2. The average Bonchev–Trinajstić information content (AvgIpc) is 2.46. The summed E-state index contributed by atoms with van der Waals surface area (Å²) in [6.45, 7) is 7.14. The highest BCUT2D eigenvalue weighted by atomic mass is 16.4. The molecule has 114 valence electrons. The predicted octanol–water partition coefficient (Wildman–Crippen LogP) is 2.59. The van der Waals surface area contributed by atoms with E-state index in [0.717, 1.165) is 5.69 Å². The van der Waals surface area contributed by atoms with Gasteiger partial charge < -0.3 is 15.7 Å². The van der Waals surface area contributed by atoms with Crippen LogP contribution in [0.2, 0.25) is 0 Å². The Bertz CT molecular complexity index is 566. The number of fused-ring (bicyclic) bond motifs is 1. The second-order valence-corrected chi connectivity index (χ2v) is 6.24. The van der Waals surface area contributed by atoms with Crippen molar-refractivity contribution < 1.29 is 14.7 Å². The van der Waals surface area contributed by atoms with Crippen LogP contribution < -0.4 is 10.6 Å². The van der Waals surface area contributed by atoms with Crippen LogP contribution in [-0.2, 0) is 4.79 Å². The molecule has 0 aromatic heterocycles. The summed E-state index contributed by atoms with van der Waals surface area (Å²) in [6, 6.07) is 6.18. The van der Waals surface area contributed by atoms with Gasteiger partial charge in [0.05, 0.1) is 17.4 Å². The summed E-state index contributed by atoms with van der Waals surface area (Å²) in [5, 5.41) is 15.5. The molecule has 6 heteroatoms. The van der Waals surface area contributed by atoms with Crippen molar-refractivity contribution in [3.05, 3.63) is 24.3 Å². The van der Waals surface area contributed by atoms with Crippen LogP contribution in [0.3, 0.4) is 0 Å². The maximum Gasteiger partial charge on any atom is 0.408 e. The molecule has 2 atom stereocenters. The first-order chi connectivity index (χ1) is 9.71. The van der Waals surface area contributed by atoms with Crippen LogP contribution >= 0.6 is 0 Å². The van der Waals surface area contributed by atoms with Crippen molar-refractivity contribution in [2.24, 2.45) is 0 Å². The molecule has 6 nitrogen and oxygen atoms in total. The molecule has 1 aromatic rings. The largest absolute Gasteiger partial charge is 0.465 e. The fourth-order valence-corrected chi connectivity index (χ4v) is 2.64. The summed E-state index contributed by atoms with van der Waals surface area (Å²) in [4.78, 5) is 25.4. The lowest BCUT2D eigenvalue weighted by Gasteiger charge is -2.40. The molecule has 0 unspecified atom stereocenters. The fourth-order valence-electron chi connectivity index (χ4n) is 2.64. The van der Waals surface area contributed by atoms with Gasteiger partial charge in [0.2, 0.25) is 5.91 Å². The molecule has 0 radical (unpaired) electrons. The summed E-state index contributed by atoms with van der Waals surface area (Å²) in [7, 11) is 0. The molecule has 0 saturated heterocycles. The molecule has 21 heavy (non-hydrogen) atoms. The highest BCUT2D eigenvalue weighted by molar-refractivity contribution is 6.01. The minimum atomic E-state index is -1.11. The number of amides is 2. The Kier molecular flexibility index (Phi) is 3.80. The number of benzene rings is 1. The summed E-state index contributed by atoms with van der Waals surface area (Å²) in [5.41, 5.74) is 0.775. The van der Waals surface area contributed by atoms with Gasteiger partial charge in [0, 0.05) is 5.54 Å². The summed E-state index contributed by atoms with van der Waals surface area (Å²) < 4.78 is 0. The van der Waals surface area contributed by atoms with Crippen molar-refractivity contribution in [1.82, 2.24) is 4.90 Å². The van der Waals surface area contributed by atoms with Gasteiger partial charge in [-0.1, -0.05) is 12.1 Å². The molecular weight excluding hydrogens is 270 g/mol. The Hall–Kier alpha value is -2.24. The van der Waals surface area contributed by atoms with Crippen molar-refractivity contribution in [3.8, 4) is 0 Å². The van der Waals surface area contributed by atoms with Crippen molar-refractivity contribution in [3.63, 3.8) is 0 Å². The summed E-state index contributed by atoms with van der Waals surface area (Å²) >= 11 is 0. The van der Waals surface area contributed by atoms with Crippen LogP contribution in [0.5, 0.6) is 0 Å². The molecule has 1 heterocycles. The Labute approximate surface area is 124 Å². The van der Waals surface area contributed by atoms with Gasteiger partial charge in [-0.25, -0.2) is 4.79 Å². The van der Waals surface area contributed by atoms with Gasteiger partial charge in [-0.2, -0.15) is 0 Å². The second kappa shape index (κ2) is 5.27. The number of anilines is 2. The Morgan fingerprint density at radius 2 is 1.81 bits per heavy atom. The van der Waals surface area contributed by atoms with Crippen molar-refractivity contribution >= 4 is 23.4 Å². The van der Waals surface area contributed by atoms with Gasteiger partial charge in [0.15, 0.2) is 0 Å². The zero-order valence-corrected chi connectivity index (χ0v) is 12.7. The average molecular weight is 291 g/mol. The van der Waals surface area contributed by atoms with E-state index in [1.165, 1.54) is 4.90 Å². The molecule has 1 aliphatic heterocycles. The van der Waals surface area contributed by atoms with E-state index in [-0.39, 0.29) is 11.9 Å². The van der Waals surface area contributed by atoms with Crippen LogP contribution in [0.4, 0.5) is 16.2 Å². The lowest BCUT2D eigenvalue weighted by molar-refractivity contribution is -0.122. The standard InChI is InChI=1S/C15H21N3O3/c1-9-12(18(14(20)21)15(2,3)4)13(19)17-11-8-6-5-7-10(11)16-9/h5-9,12,16H,1-4H3,(H,17,19)(H,20,21)/t9-,12-/m0/s1. The van der Waals surface area contributed by atoms with Gasteiger partial charge in [-0.15, -0.1) is 0 Å². The van der Waals surface area contributed by atoms with Crippen molar-refractivity contribution in [2.45, 2.75) is 45.3 Å². The van der Waals surface area contributed by atoms with Crippen LogP contribution in [0.15, 0.2) is 24.3 Å². The van der Waals surface area contributed by atoms with E-state index in [0.29, 0.717) is 5.69 Å². The zero-order chi connectivity index (χ0) is 15.8. The summed E-state index contributed by atoms with van der Waals surface area (Å²) in [6.07, 6.45) is -1.11. The number of hydrogen-bond donors (Lipinski definition) is 3. The molecule has 0 fully saturated rings. The number of nitrogens with one attached hydrogen (secondary N) is 2. The van der Waals surface area contributed by atoms with E-state index in [4.69, 9.17) is 0 Å². The highest BCUT2D eigenvalue weighted by Gasteiger charge is 2.42. The number of para-hydroxylation sites is 2. The van der Waals surface area contributed by atoms with Gasteiger partial charge in [-0.05, 0) is 39.8 Å². The highest BCUT2D eigenvalue weighted by Crippen LogP contribution is 2.29. The minimum absolute atomic E-state index is 0.322. The normalized spacial score (nSPS) is 21.6. The third kappa shape index (κ3) is 2.94. The smallest absolute Gasteiger partial charge is 0.408 e. The first-order valence-electron chi connectivity index (χ1n) is 6.90.